The van der Waals surface area contributed by atoms with E-state index in [0.717, 1.165) is 12.0 Å². The van der Waals surface area contributed by atoms with Gasteiger partial charge >= 0.3 is 0 Å². The van der Waals surface area contributed by atoms with E-state index in [2.05, 4.69) is 24.5 Å². The molecule has 2 atom stereocenters. The number of carbonyl (C=O) groups excluding carboxylic acids is 2. The van der Waals surface area contributed by atoms with Gasteiger partial charge in [0.05, 0.1) is 5.54 Å². The number of ketones is 1. The molecule has 1 aromatic carbocycles. The number of hydrogen-bond donors (Lipinski definition) is 2. The number of benzene rings is 1. The number of carbonyl (C=O) groups is 2. The largest absolute Gasteiger partial charge is 0.351 e. The summed E-state index contributed by atoms with van der Waals surface area (Å²) in [4.78, 5) is 24.6. The van der Waals surface area contributed by atoms with Crippen LogP contribution in [0.5, 0.6) is 0 Å². The van der Waals surface area contributed by atoms with Crippen LogP contribution in [0.2, 0.25) is 0 Å². The van der Waals surface area contributed by atoms with Gasteiger partial charge in [0.15, 0.2) is 0 Å². The summed E-state index contributed by atoms with van der Waals surface area (Å²) in [6, 6.07) is 10.2. The maximum absolute atomic E-state index is 12.9. The summed E-state index contributed by atoms with van der Waals surface area (Å²) >= 11 is 0. The molecular weight excluding hydrogens is 336 g/mol. The van der Waals surface area contributed by atoms with Crippen molar-refractivity contribution in [3.63, 3.8) is 0 Å². The second-order valence-corrected chi connectivity index (χ2v) is 8.28. The van der Waals surface area contributed by atoms with Crippen molar-refractivity contribution < 1.29 is 9.59 Å². The van der Waals surface area contributed by atoms with Gasteiger partial charge in [0.25, 0.3) is 0 Å². The Balaban J connectivity index is 2.73. The Morgan fingerprint density at radius 1 is 1.11 bits per heavy atom. The van der Waals surface area contributed by atoms with Crippen molar-refractivity contribution in [2.24, 2.45) is 11.8 Å². The molecule has 0 aliphatic heterocycles. The topological polar surface area (TPSA) is 58.2 Å². The van der Waals surface area contributed by atoms with Gasteiger partial charge in [-0.15, -0.1) is 0 Å². The molecule has 1 unspecified atom stereocenters. The minimum Gasteiger partial charge on any atom is -0.351 e. The van der Waals surface area contributed by atoms with E-state index < -0.39 is 5.54 Å². The van der Waals surface area contributed by atoms with E-state index in [1.807, 2.05) is 63.3 Å². The van der Waals surface area contributed by atoms with Crippen molar-refractivity contribution in [3.8, 4) is 0 Å². The standard InChI is InChI=1S/C23H36N2O2/c1-17(2)15-21(19(5)26)13-10-14-24-22(27)23(6,25-18(3)4)16-20-11-8-7-9-12-20/h7-13,17-18,21,25H,14-16H2,1-6H3,(H,24,27)/b13-10+/t21-,23?/m0/s1. The fraction of sp³-hybridized carbons (Fsp3) is 0.565. The van der Waals surface area contributed by atoms with Crippen LogP contribution in [0.15, 0.2) is 42.5 Å². The first-order valence-electron chi connectivity index (χ1n) is 9.91. The number of amides is 1. The molecule has 150 valence electrons. The average Bonchev–Trinajstić information content (AvgIpc) is 2.56. The fourth-order valence-corrected chi connectivity index (χ4v) is 3.31. The second kappa shape index (κ2) is 11.0. The van der Waals surface area contributed by atoms with Gasteiger partial charge in [-0.05, 0) is 52.0 Å². The Bertz CT molecular complexity index is 623. The Labute approximate surface area is 164 Å². The number of nitrogens with one attached hydrogen (secondary N) is 2. The molecule has 1 rings (SSSR count). The maximum atomic E-state index is 12.9. The summed E-state index contributed by atoms with van der Waals surface area (Å²) in [6.07, 6.45) is 5.27. The highest BCUT2D eigenvalue weighted by molar-refractivity contribution is 5.86. The fourth-order valence-electron chi connectivity index (χ4n) is 3.31. The Hall–Kier alpha value is -1.94. The zero-order chi connectivity index (χ0) is 20.4. The summed E-state index contributed by atoms with van der Waals surface area (Å²) in [6.45, 7) is 12.3. The summed E-state index contributed by atoms with van der Waals surface area (Å²) in [5, 5.41) is 6.41. The third-order valence-electron chi connectivity index (χ3n) is 4.51. The van der Waals surface area contributed by atoms with Gasteiger partial charge < -0.3 is 10.6 Å². The van der Waals surface area contributed by atoms with Crippen LogP contribution in [0.3, 0.4) is 0 Å². The second-order valence-electron chi connectivity index (χ2n) is 8.28. The van der Waals surface area contributed by atoms with Gasteiger partial charge in [0.1, 0.15) is 5.78 Å². The SMILES string of the molecule is CC(=O)[C@@H](/C=C/CNC(=O)C(C)(Cc1ccccc1)NC(C)C)CC(C)C. The van der Waals surface area contributed by atoms with Crippen molar-refractivity contribution in [1.29, 1.82) is 0 Å². The molecule has 0 radical (unpaired) electrons. The molecule has 27 heavy (non-hydrogen) atoms. The lowest BCUT2D eigenvalue weighted by Gasteiger charge is -2.32. The minimum absolute atomic E-state index is 0.0343. The summed E-state index contributed by atoms with van der Waals surface area (Å²) in [5.74, 6) is 0.517. The van der Waals surface area contributed by atoms with Crippen LogP contribution in [0.1, 0.15) is 53.5 Å². The van der Waals surface area contributed by atoms with Gasteiger partial charge in [-0.3, -0.25) is 9.59 Å². The van der Waals surface area contributed by atoms with E-state index >= 15 is 0 Å². The van der Waals surface area contributed by atoms with E-state index in [1.54, 1.807) is 6.92 Å². The van der Waals surface area contributed by atoms with Crippen LogP contribution in [0.25, 0.3) is 0 Å². The van der Waals surface area contributed by atoms with Gasteiger partial charge in [-0.1, -0.05) is 56.3 Å². The summed E-state index contributed by atoms with van der Waals surface area (Å²) < 4.78 is 0. The van der Waals surface area contributed by atoms with Crippen LogP contribution in [0, 0.1) is 11.8 Å². The van der Waals surface area contributed by atoms with E-state index in [1.165, 1.54) is 0 Å². The highest BCUT2D eigenvalue weighted by atomic mass is 16.2. The number of hydrogen-bond acceptors (Lipinski definition) is 3. The Kier molecular flexibility index (Phi) is 9.44. The zero-order valence-corrected chi connectivity index (χ0v) is 17.7. The van der Waals surface area contributed by atoms with Crippen LogP contribution >= 0.6 is 0 Å². The molecule has 4 nitrogen and oxygen atoms in total. The molecule has 0 heterocycles. The molecule has 1 amide bonds. The van der Waals surface area contributed by atoms with Gasteiger partial charge in [0.2, 0.25) is 5.91 Å². The number of allylic oxidation sites excluding steroid dienone is 1. The van der Waals surface area contributed by atoms with E-state index in [9.17, 15) is 9.59 Å². The molecule has 0 bridgehead atoms. The molecule has 0 aliphatic rings. The molecule has 0 aliphatic carbocycles. The molecule has 2 N–H and O–H groups in total. The Morgan fingerprint density at radius 3 is 2.26 bits per heavy atom. The minimum atomic E-state index is -0.693. The maximum Gasteiger partial charge on any atom is 0.240 e. The first-order valence-corrected chi connectivity index (χ1v) is 9.91. The van der Waals surface area contributed by atoms with Crippen molar-refractivity contribution in [1.82, 2.24) is 10.6 Å². The van der Waals surface area contributed by atoms with E-state index in [4.69, 9.17) is 0 Å². The van der Waals surface area contributed by atoms with E-state index in [0.29, 0.717) is 18.9 Å². The predicted octanol–water partition coefficient (Wildman–Crippen LogP) is 3.91. The molecule has 0 spiro atoms. The molecule has 1 aromatic rings. The van der Waals surface area contributed by atoms with Crippen molar-refractivity contribution in [3.05, 3.63) is 48.0 Å². The molecular formula is C23H36N2O2. The highest BCUT2D eigenvalue weighted by Gasteiger charge is 2.33. The summed E-state index contributed by atoms with van der Waals surface area (Å²) in [7, 11) is 0. The third-order valence-corrected chi connectivity index (χ3v) is 4.51. The lowest BCUT2D eigenvalue weighted by atomic mass is 9.90. The zero-order valence-electron chi connectivity index (χ0n) is 17.7. The first kappa shape index (κ1) is 23.1. The summed E-state index contributed by atoms with van der Waals surface area (Å²) in [5.41, 5.74) is 0.425. The smallest absolute Gasteiger partial charge is 0.240 e. The average molecular weight is 373 g/mol. The lowest BCUT2D eigenvalue weighted by molar-refractivity contribution is -0.127. The normalized spacial score (nSPS) is 15.1. The highest BCUT2D eigenvalue weighted by Crippen LogP contribution is 2.16. The first-order chi connectivity index (χ1) is 12.6. The number of Topliss-reactive ketones (excluding diaryl/α,β-unsaturated/α-hetero) is 1. The lowest BCUT2D eigenvalue weighted by Crippen LogP contribution is -2.58. The van der Waals surface area contributed by atoms with Crippen LogP contribution in [-0.4, -0.2) is 29.8 Å². The van der Waals surface area contributed by atoms with E-state index in [-0.39, 0.29) is 23.7 Å². The number of rotatable bonds is 11. The van der Waals surface area contributed by atoms with Crippen molar-refractivity contribution in [2.45, 2.75) is 66.0 Å². The van der Waals surface area contributed by atoms with Crippen LogP contribution < -0.4 is 10.6 Å². The third kappa shape index (κ3) is 8.53. The monoisotopic (exact) mass is 372 g/mol. The molecule has 0 aromatic heterocycles. The predicted molar refractivity (Wildman–Crippen MR) is 113 cm³/mol. The van der Waals surface area contributed by atoms with Crippen LogP contribution in [0.4, 0.5) is 0 Å². The van der Waals surface area contributed by atoms with Crippen molar-refractivity contribution in [2.75, 3.05) is 6.54 Å². The van der Waals surface area contributed by atoms with Crippen LogP contribution in [-0.2, 0) is 16.0 Å². The van der Waals surface area contributed by atoms with Gasteiger partial charge in [-0.2, -0.15) is 0 Å². The molecule has 4 heteroatoms. The van der Waals surface area contributed by atoms with Gasteiger partial charge in [0, 0.05) is 18.5 Å². The Morgan fingerprint density at radius 2 is 1.74 bits per heavy atom. The molecule has 0 fully saturated rings. The molecule has 0 saturated heterocycles. The molecule has 0 saturated carbocycles. The van der Waals surface area contributed by atoms with Gasteiger partial charge in [-0.25, -0.2) is 0 Å². The van der Waals surface area contributed by atoms with Crippen molar-refractivity contribution >= 4 is 11.7 Å². The quantitative estimate of drug-likeness (QED) is 0.579.